The zero-order valence-electron chi connectivity index (χ0n) is 13.9. The Morgan fingerprint density at radius 3 is 3.04 bits per heavy atom. The molecule has 2 aliphatic rings. The fourth-order valence-corrected chi connectivity index (χ4v) is 4.74. The van der Waals surface area contributed by atoms with E-state index in [2.05, 4.69) is 28.5 Å². The van der Waals surface area contributed by atoms with Crippen LogP contribution >= 0.6 is 23.1 Å². The molecule has 4 rings (SSSR count). The second-order valence-electron chi connectivity index (χ2n) is 6.82. The highest BCUT2D eigenvalue weighted by Crippen LogP contribution is 2.37. The van der Waals surface area contributed by atoms with E-state index in [9.17, 15) is 4.79 Å². The maximum absolute atomic E-state index is 12.0. The Kier molecular flexibility index (Phi) is 4.39. The first-order chi connectivity index (χ1) is 11.6. The topological polar surface area (TPSA) is 68.0 Å². The molecule has 2 aliphatic carbocycles. The Hall–Kier alpha value is -1.34. The molecular formula is C17H21N3O2S2. The van der Waals surface area contributed by atoms with Crippen LogP contribution in [-0.4, -0.2) is 27.4 Å². The molecule has 2 unspecified atom stereocenters. The van der Waals surface area contributed by atoms with Crippen LogP contribution in [0.3, 0.4) is 0 Å². The number of carbonyl (C=O) groups is 1. The van der Waals surface area contributed by atoms with E-state index in [0.29, 0.717) is 17.2 Å². The van der Waals surface area contributed by atoms with Crippen molar-refractivity contribution in [2.24, 2.45) is 5.92 Å². The van der Waals surface area contributed by atoms with E-state index < -0.39 is 0 Å². The summed E-state index contributed by atoms with van der Waals surface area (Å²) in [6, 6.07) is 2.57. The quantitative estimate of drug-likeness (QED) is 0.821. The van der Waals surface area contributed by atoms with Crippen LogP contribution in [0, 0.1) is 5.92 Å². The van der Waals surface area contributed by atoms with E-state index in [0.717, 1.165) is 36.5 Å². The van der Waals surface area contributed by atoms with Crippen molar-refractivity contribution in [2.45, 2.75) is 62.5 Å². The maximum Gasteiger partial charge on any atom is 0.277 e. The number of thiophene rings is 1. The van der Waals surface area contributed by atoms with Gasteiger partial charge in [0.2, 0.25) is 5.91 Å². The molecule has 1 amide bonds. The lowest BCUT2D eigenvalue weighted by molar-refractivity contribution is -0.120. The van der Waals surface area contributed by atoms with Crippen molar-refractivity contribution in [3.63, 3.8) is 0 Å². The Bertz CT molecular complexity index is 751. The molecule has 24 heavy (non-hydrogen) atoms. The number of carbonyl (C=O) groups excluding carboxylic acids is 1. The molecule has 2 atom stereocenters. The SMILES string of the molecule is CC1CCc2sc(-c3nnc(SC(C)C(=O)NC4CC4)o3)cc2C1. The number of hydrogen-bond acceptors (Lipinski definition) is 6. The van der Waals surface area contributed by atoms with Gasteiger partial charge in [-0.25, -0.2) is 0 Å². The molecule has 2 aromatic heterocycles. The van der Waals surface area contributed by atoms with Gasteiger partial charge in [-0.1, -0.05) is 18.7 Å². The van der Waals surface area contributed by atoms with Gasteiger partial charge in [0.1, 0.15) is 0 Å². The summed E-state index contributed by atoms with van der Waals surface area (Å²) >= 11 is 3.09. The minimum Gasteiger partial charge on any atom is -0.410 e. The molecule has 0 bridgehead atoms. The molecule has 128 valence electrons. The second-order valence-corrected chi connectivity index (χ2v) is 9.25. The van der Waals surface area contributed by atoms with Crippen molar-refractivity contribution in [3.8, 4) is 10.8 Å². The zero-order valence-corrected chi connectivity index (χ0v) is 15.5. The van der Waals surface area contributed by atoms with Gasteiger partial charge in [-0.3, -0.25) is 4.79 Å². The van der Waals surface area contributed by atoms with Crippen LogP contribution < -0.4 is 5.32 Å². The average Bonchev–Trinajstić information content (AvgIpc) is 3.08. The highest BCUT2D eigenvalue weighted by atomic mass is 32.2. The molecule has 0 aliphatic heterocycles. The van der Waals surface area contributed by atoms with Crippen LogP contribution in [0.5, 0.6) is 0 Å². The van der Waals surface area contributed by atoms with Crippen LogP contribution in [0.4, 0.5) is 0 Å². The van der Waals surface area contributed by atoms with Crippen LogP contribution in [-0.2, 0) is 17.6 Å². The summed E-state index contributed by atoms with van der Waals surface area (Å²) in [4.78, 5) is 14.5. The van der Waals surface area contributed by atoms with Crippen LogP contribution in [0.2, 0.25) is 0 Å². The van der Waals surface area contributed by atoms with Crippen LogP contribution in [0.15, 0.2) is 15.7 Å². The van der Waals surface area contributed by atoms with Crippen LogP contribution in [0.1, 0.15) is 43.6 Å². The van der Waals surface area contributed by atoms with Crippen molar-refractivity contribution in [1.29, 1.82) is 0 Å². The number of rotatable bonds is 5. The molecule has 5 nitrogen and oxygen atoms in total. The van der Waals surface area contributed by atoms with E-state index in [1.807, 2.05) is 6.92 Å². The summed E-state index contributed by atoms with van der Waals surface area (Å²) in [5, 5.41) is 11.5. The van der Waals surface area contributed by atoms with E-state index >= 15 is 0 Å². The van der Waals surface area contributed by atoms with E-state index in [4.69, 9.17) is 4.42 Å². The van der Waals surface area contributed by atoms with Gasteiger partial charge in [0.15, 0.2) is 0 Å². The summed E-state index contributed by atoms with van der Waals surface area (Å²) < 4.78 is 5.79. The molecule has 2 aromatic rings. The number of amides is 1. The van der Waals surface area contributed by atoms with Gasteiger partial charge in [0.05, 0.1) is 10.1 Å². The second kappa shape index (κ2) is 6.52. The molecule has 0 saturated heterocycles. The Morgan fingerprint density at radius 1 is 1.42 bits per heavy atom. The fraction of sp³-hybridized carbons (Fsp3) is 0.588. The molecule has 2 heterocycles. The number of aromatic nitrogens is 2. The normalized spacial score (nSPS) is 21.3. The highest BCUT2D eigenvalue weighted by molar-refractivity contribution is 8.00. The predicted octanol–water partition coefficient (Wildman–Crippen LogP) is 3.68. The highest BCUT2D eigenvalue weighted by Gasteiger charge is 2.27. The minimum atomic E-state index is -0.226. The van der Waals surface area contributed by atoms with Gasteiger partial charge in [-0.15, -0.1) is 21.5 Å². The third-order valence-corrected chi connectivity index (χ3v) is 6.68. The zero-order chi connectivity index (χ0) is 16.7. The number of thioether (sulfide) groups is 1. The van der Waals surface area contributed by atoms with Crippen molar-refractivity contribution in [1.82, 2.24) is 15.5 Å². The average molecular weight is 364 g/mol. The summed E-state index contributed by atoms with van der Waals surface area (Å²) in [5.74, 6) is 1.36. The van der Waals surface area contributed by atoms with Crippen molar-refractivity contribution in [2.75, 3.05) is 0 Å². The number of aryl methyl sites for hydroxylation is 1. The van der Waals surface area contributed by atoms with Gasteiger partial charge in [-0.05, 0) is 56.6 Å². The van der Waals surface area contributed by atoms with Gasteiger partial charge in [-0.2, -0.15) is 0 Å². The Balaban J connectivity index is 1.43. The molecule has 0 aromatic carbocycles. The molecule has 0 spiro atoms. The smallest absolute Gasteiger partial charge is 0.277 e. The van der Waals surface area contributed by atoms with Crippen molar-refractivity contribution >= 4 is 29.0 Å². The third-order valence-electron chi connectivity index (χ3n) is 4.52. The molecule has 1 fully saturated rings. The first kappa shape index (κ1) is 16.1. The first-order valence-electron chi connectivity index (χ1n) is 8.51. The Morgan fingerprint density at radius 2 is 2.25 bits per heavy atom. The lowest BCUT2D eigenvalue weighted by Gasteiger charge is -2.16. The fourth-order valence-electron chi connectivity index (χ4n) is 2.92. The molecule has 7 heteroatoms. The predicted molar refractivity (Wildman–Crippen MR) is 95.3 cm³/mol. The first-order valence-corrected chi connectivity index (χ1v) is 10.2. The standard InChI is InChI=1S/C17H21N3O2S2/c1-9-3-6-13-11(7-9)8-14(24-13)16-19-20-17(22-16)23-10(2)15(21)18-12-4-5-12/h8-10,12H,3-7H2,1-2H3,(H,18,21). The van der Waals surface area contributed by atoms with Crippen LogP contribution in [0.25, 0.3) is 10.8 Å². The minimum absolute atomic E-state index is 0.0443. The summed E-state index contributed by atoms with van der Waals surface area (Å²) in [7, 11) is 0. The molecular weight excluding hydrogens is 342 g/mol. The third kappa shape index (κ3) is 3.52. The monoisotopic (exact) mass is 363 g/mol. The summed E-state index contributed by atoms with van der Waals surface area (Å²) in [6.07, 6.45) is 5.73. The van der Waals surface area contributed by atoms with Gasteiger partial charge in [0, 0.05) is 10.9 Å². The molecule has 0 radical (unpaired) electrons. The number of fused-ring (bicyclic) bond motifs is 1. The van der Waals surface area contributed by atoms with Gasteiger partial charge >= 0.3 is 0 Å². The van der Waals surface area contributed by atoms with E-state index in [-0.39, 0.29) is 11.2 Å². The van der Waals surface area contributed by atoms with E-state index in [1.165, 1.54) is 28.6 Å². The lowest BCUT2D eigenvalue weighted by atomic mass is 9.90. The summed E-state index contributed by atoms with van der Waals surface area (Å²) in [5.41, 5.74) is 1.43. The molecule has 1 saturated carbocycles. The van der Waals surface area contributed by atoms with Crippen molar-refractivity contribution < 1.29 is 9.21 Å². The number of nitrogens with one attached hydrogen (secondary N) is 1. The molecule has 1 N–H and O–H groups in total. The maximum atomic E-state index is 12.0. The number of hydrogen-bond donors (Lipinski definition) is 1. The van der Waals surface area contributed by atoms with Gasteiger partial charge in [0.25, 0.3) is 11.1 Å². The summed E-state index contributed by atoms with van der Waals surface area (Å²) in [6.45, 7) is 4.17. The lowest BCUT2D eigenvalue weighted by Crippen LogP contribution is -2.32. The number of nitrogens with zero attached hydrogens (tertiary/aromatic N) is 2. The van der Waals surface area contributed by atoms with E-state index in [1.54, 1.807) is 11.3 Å². The van der Waals surface area contributed by atoms with Crippen molar-refractivity contribution in [3.05, 3.63) is 16.5 Å². The van der Waals surface area contributed by atoms with Gasteiger partial charge < -0.3 is 9.73 Å². The largest absolute Gasteiger partial charge is 0.410 e. The Labute approximate surface area is 149 Å².